The summed E-state index contributed by atoms with van der Waals surface area (Å²) in [5, 5.41) is 24.0. The molecule has 0 bridgehead atoms. The van der Waals surface area contributed by atoms with E-state index in [2.05, 4.69) is 35.5 Å². The van der Waals surface area contributed by atoms with Gasteiger partial charge in [-0.1, -0.05) is 38.1 Å². The molecule has 0 radical (unpaired) electrons. The van der Waals surface area contributed by atoms with Crippen molar-refractivity contribution in [1.29, 1.82) is 0 Å². The fourth-order valence-electron chi connectivity index (χ4n) is 6.61. The van der Waals surface area contributed by atoms with Gasteiger partial charge in [0.15, 0.2) is 0 Å². The molecule has 0 atom stereocenters. The third-order valence-electron chi connectivity index (χ3n) is 9.60. The van der Waals surface area contributed by atoms with Crippen molar-refractivity contribution in [2.24, 2.45) is 5.73 Å². The Bertz CT molecular complexity index is 2840. The molecule has 0 fully saturated rings. The Kier molecular flexibility index (Phi) is 18.7. The van der Waals surface area contributed by atoms with E-state index in [9.17, 15) is 9.59 Å². The van der Waals surface area contributed by atoms with Crippen molar-refractivity contribution in [3.63, 3.8) is 0 Å². The first kappa shape index (κ1) is 51.7. The Labute approximate surface area is 388 Å². The molecule has 8 aromatic rings. The first-order valence-electron chi connectivity index (χ1n) is 19.0. The molecule has 1 amide bonds. The van der Waals surface area contributed by atoms with Crippen molar-refractivity contribution in [2.75, 3.05) is 11.5 Å². The van der Waals surface area contributed by atoms with Crippen molar-refractivity contribution in [3.05, 3.63) is 164 Å². The Morgan fingerprint density at radius 1 is 0.672 bits per heavy atom. The molecular weight excluding hydrogens is 875 g/mol. The zero-order valence-electron chi connectivity index (χ0n) is 34.3. The number of rotatable bonds is 9. The number of carboxylic acid groups (broad SMARTS) is 1. The molecule has 0 spiro atoms. The van der Waals surface area contributed by atoms with Crippen LogP contribution in [0, 0.1) is 27.7 Å². The number of benzene rings is 2. The Hall–Kier alpha value is -6.65. The number of aryl methyl sites for hydroxylation is 4. The quantitative estimate of drug-likeness (QED) is 0.0913. The van der Waals surface area contributed by atoms with Crippen LogP contribution in [-0.4, -0.2) is 56.5 Å². The average molecular weight is 928 g/mol. The Morgan fingerprint density at radius 3 is 1.58 bits per heavy atom. The highest BCUT2D eigenvalue weighted by molar-refractivity contribution is 6.31. The second-order valence-electron chi connectivity index (χ2n) is 14.2. The molecule has 0 saturated heterocycles. The van der Waals surface area contributed by atoms with E-state index in [1.807, 2.05) is 76.5 Å². The number of hydrogen-bond acceptors (Lipinski definition) is 11. The molecule has 64 heavy (non-hydrogen) atoms. The highest BCUT2D eigenvalue weighted by atomic mass is 35.5. The molecule has 0 aliphatic heterocycles. The summed E-state index contributed by atoms with van der Waals surface area (Å²) in [6.45, 7) is 9.53. The van der Waals surface area contributed by atoms with E-state index in [4.69, 9.17) is 45.5 Å². The first-order chi connectivity index (χ1) is 29.1. The number of pyridine rings is 4. The summed E-state index contributed by atoms with van der Waals surface area (Å²) in [6, 6.07) is 21.1. The molecule has 0 aliphatic rings. The summed E-state index contributed by atoms with van der Waals surface area (Å²) in [7, 11) is 0. The van der Waals surface area contributed by atoms with Crippen LogP contribution in [0.3, 0.4) is 0 Å². The summed E-state index contributed by atoms with van der Waals surface area (Å²) in [5.41, 5.74) is 26.6. The van der Waals surface area contributed by atoms with Crippen LogP contribution in [0.5, 0.6) is 0 Å². The van der Waals surface area contributed by atoms with Gasteiger partial charge in [0.25, 0.3) is 5.91 Å². The van der Waals surface area contributed by atoms with Crippen LogP contribution in [0.2, 0.25) is 10.0 Å². The molecule has 8 N–H and O–H groups in total. The lowest BCUT2D eigenvalue weighted by Crippen LogP contribution is -2.24. The van der Waals surface area contributed by atoms with Crippen LogP contribution in [0.1, 0.15) is 80.6 Å². The fourth-order valence-corrected chi connectivity index (χ4v) is 6.98. The van der Waals surface area contributed by atoms with E-state index in [1.165, 1.54) is 12.3 Å². The molecule has 336 valence electrons. The Morgan fingerprint density at radius 2 is 1.12 bits per heavy atom. The lowest BCUT2D eigenvalue weighted by atomic mass is 10.1. The van der Waals surface area contributed by atoms with Gasteiger partial charge in [0.1, 0.15) is 11.6 Å². The number of halogens is 3. The molecule has 6 aromatic heterocycles. The molecular formula is C46H53Cl3N12O3. The maximum Gasteiger partial charge on any atom is 0.335 e. The van der Waals surface area contributed by atoms with Gasteiger partial charge in [-0.2, -0.15) is 10.2 Å². The standard InChI is InChI=1S/C22H21ClN6O.C14H10ClN3O2.C8H13N3.2CH4.ClH/c1-13-7-21(24)27-14(2)19(13)10-26-22(30)15-5-6-25-18(9-15)12-29-11-16-8-17(23)3-4-20(16)28-29;15-11-1-2-13-10(5-11)7-18(17-13)8-12-6-9(14(19)20)3-4-16-12;1-5-3-8(10)11-6(2)7(5)4-9;;;/h3-9,11H,10,12H2,1-2H3,(H2,24,27)(H,26,30);1-7H,8H2,(H,19,20);3H,4,9H2,1-2H3,(H2,10,11);2*1H4;1H. The summed E-state index contributed by atoms with van der Waals surface area (Å²) in [6.07, 6.45) is 6.89. The molecule has 18 heteroatoms. The van der Waals surface area contributed by atoms with Gasteiger partial charge < -0.3 is 27.6 Å². The molecule has 0 aliphatic carbocycles. The van der Waals surface area contributed by atoms with Gasteiger partial charge in [-0.15, -0.1) is 12.4 Å². The summed E-state index contributed by atoms with van der Waals surface area (Å²) in [5.74, 6) is -0.0950. The first-order valence-corrected chi connectivity index (χ1v) is 19.7. The lowest BCUT2D eigenvalue weighted by molar-refractivity contribution is 0.0696. The van der Waals surface area contributed by atoms with Gasteiger partial charge in [0, 0.05) is 75.6 Å². The number of fused-ring (bicyclic) bond motifs is 2. The second-order valence-corrected chi connectivity index (χ2v) is 15.1. The smallest absolute Gasteiger partial charge is 0.335 e. The highest BCUT2D eigenvalue weighted by Crippen LogP contribution is 2.20. The van der Waals surface area contributed by atoms with Crippen LogP contribution >= 0.6 is 35.6 Å². The molecule has 2 aromatic carbocycles. The predicted octanol–water partition coefficient (Wildman–Crippen LogP) is 8.92. The van der Waals surface area contributed by atoms with E-state index < -0.39 is 5.97 Å². The maximum absolute atomic E-state index is 12.7. The monoisotopic (exact) mass is 926 g/mol. The maximum atomic E-state index is 12.7. The van der Waals surface area contributed by atoms with Crippen LogP contribution in [-0.2, 0) is 26.2 Å². The van der Waals surface area contributed by atoms with E-state index in [0.717, 1.165) is 61.1 Å². The minimum atomic E-state index is -0.967. The highest BCUT2D eigenvalue weighted by Gasteiger charge is 2.12. The minimum absolute atomic E-state index is 0. The van der Waals surface area contributed by atoms with Crippen molar-refractivity contribution in [3.8, 4) is 0 Å². The number of aromatic carboxylic acids is 1. The van der Waals surface area contributed by atoms with Crippen LogP contribution in [0.25, 0.3) is 21.8 Å². The third kappa shape index (κ3) is 13.4. The number of amides is 1. The van der Waals surface area contributed by atoms with Crippen LogP contribution < -0.4 is 22.5 Å². The third-order valence-corrected chi connectivity index (χ3v) is 10.1. The fraction of sp³-hybridized carbons (Fsp3) is 0.217. The van der Waals surface area contributed by atoms with Crippen molar-refractivity contribution >= 4 is 80.9 Å². The van der Waals surface area contributed by atoms with Crippen molar-refractivity contribution in [2.45, 2.75) is 68.7 Å². The molecule has 6 heterocycles. The van der Waals surface area contributed by atoms with E-state index in [0.29, 0.717) is 59.1 Å². The van der Waals surface area contributed by atoms with E-state index >= 15 is 0 Å². The average Bonchev–Trinajstić information content (AvgIpc) is 3.79. The van der Waals surface area contributed by atoms with Gasteiger partial charge in [0.2, 0.25) is 0 Å². The van der Waals surface area contributed by atoms with Crippen LogP contribution in [0.4, 0.5) is 11.6 Å². The molecule has 8 rings (SSSR count). The van der Waals surface area contributed by atoms with Crippen LogP contribution in [0.15, 0.2) is 97.6 Å². The number of nitrogens with two attached hydrogens (primary N) is 3. The van der Waals surface area contributed by atoms with Gasteiger partial charge in [0.05, 0.1) is 41.1 Å². The normalized spacial score (nSPS) is 10.3. The number of carbonyl (C=O) groups excluding carboxylic acids is 1. The SMILES string of the molecule is C.C.Cc1cc(N)nc(C)c1CN.Cc1cc(N)nc(C)c1CNC(=O)c1ccnc(Cn2cc3cc(Cl)ccc3n2)c1.Cl.O=C(O)c1ccnc(Cn2cc3cc(Cl)ccc3n2)c1. The topological polar surface area (TPSA) is 232 Å². The largest absolute Gasteiger partial charge is 0.478 e. The number of anilines is 2. The number of carboxylic acids is 1. The molecule has 0 saturated carbocycles. The summed E-state index contributed by atoms with van der Waals surface area (Å²) in [4.78, 5) is 40.5. The number of nitrogens with one attached hydrogen (secondary N) is 1. The zero-order valence-corrected chi connectivity index (χ0v) is 36.6. The zero-order chi connectivity index (χ0) is 43.8. The number of carbonyl (C=O) groups is 2. The van der Waals surface area contributed by atoms with Gasteiger partial charge >= 0.3 is 5.97 Å². The van der Waals surface area contributed by atoms with Gasteiger partial charge in [-0.3, -0.25) is 24.1 Å². The van der Waals surface area contributed by atoms with Crippen molar-refractivity contribution in [1.82, 2.24) is 44.8 Å². The van der Waals surface area contributed by atoms with Gasteiger partial charge in [-0.25, -0.2) is 14.8 Å². The second kappa shape index (κ2) is 23.2. The number of nitrogens with zero attached hydrogens (tertiary/aromatic N) is 8. The van der Waals surface area contributed by atoms with Crippen molar-refractivity contribution < 1.29 is 14.7 Å². The number of nitrogen functional groups attached to an aromatic ring is 2. The predicted molar refractivity (Wildman–Crippen MR) is 259 cm³/mol. The summed E-state index contributed by atoms with van der Waals surface area (Å²) >= 11 is 12.0. The van der Waals surface area contributed by atoms with Gasteiger partial charge in [-0.05, 0) is 123 Å². The van der Waals surface area contributed by atoms with E-state index in [-0.39, 0.29) is 38.7 Å². The summed E-state index contributed by atoms with van der Waals surface area (Å²) < 4.78 is 3.51. The number of aromatic nitrogens is 8. The minimum Gasteiger partial charge on any atom is -0.478 e. The Balaban J connectivity index is 0.000000277. The number of hydrogen-bond donors (Lipinski definition) is 5. The molecule has 0 unspecified atom stereocenters. The molecule has 15 nitrogen and oxygen atoms in total. The van der Waals surface area contributed by atoms with E-state index in [1.54, 1.807) is 45.9 Å². The lowest BCUT2D eigenvalue weighted by Gasteiger charge is -2.12.